The molecule has 1 fully saturated rings. The molecule has 1 saturated heterocycles. The molecule has 0 spiro atoms. The van der Waals surface area contributed by atoms with E-state index in [2.05, 4.69) is 16.5 Å². The summed E-state index contributed by atoms with van der Waals surface area (Å²) in [5.74, 6) is 1.08. The van der Waals surface area contributed by atoms with Crippen LogP contribution in [0.1, 0.15) is 54.7 Å². The van der Waals surface area contributed by atoms with Crippen molar-refractivity contribution < 1.29 is 9.90 Å². The highest BCUT2D eigenvalue weighted by atomic mass is 35.5. The normalized spacial score (nSPS) is 17.7. The van der Waals surface area contributed by atoms with Crippen molar-refractivity contribution in [3.05, 3.63) is 47.0 Å². The molecule has 1 atom stereocenters. The van der Waals surface area contributed by atoms with E-state index >= 15 is 0 Å². The lowest BCUT2D eigenvalue weighted by atomic mass is 9.96. The van der Waals surface area contributed by atoms with Gasteiger partial charge in [0, 0.05) is 43.0 Å². The first-order chi connectivity index (χ1) is 12.1. The minimum Gasteiger partial charge on any atom is -0.507 e. The number of amides is 1. The molecule has 1 aliphatic rings. The maximum atomic E-state index is 12.8. The van der Waals surface area contributed by atoms with Crippen molar-refractivity contribution >= 4 is 17.5 Å². The van der Waals surface area contributed by atoms with E-state index in [9.17, 15) is 9.90 Å². The number of carbonyl (C=O) groups is 1. The number of piperidine rings is 1. The van der Waals surface area contributed by atoms with Gasteiger partial charge < -0.3 is 14.6 Å². The predicted octanol–water partition coefficient (Wildman–Crippen LogP) is 4.06. The summed E-state index contributed by atoms with van der Waals surface area (Å²) in [6, 6.07) is 4.63. The van der Waals surface area contributed by atoms with Crippen LogP contribution in [0.15, 0.2) is 30.6 Å². The van der Waals surface area contributed by atoms with Gasteiger partial charge >= 0.3 is 0 Å². The monoisotopic (exact) mass is 361 g/mol. The molecule has 3 rings (SSSR count). The van der Waals surface area contributed by atoms with Crippen LogP contribution in [0.4, 0.5) is 0 Å². The number of nitrogens with zero attached hydrogens (tertiary/aromatic N) is 3. The molecular formula is C19H24ClN3O2. The van der Waals surface area contributed by atoms with Crippen molar-refractivity contribution in [2.24, 2.45) is 0 Å². The zero-order chi connectivity index (χ0) is 17.8. The number of unbranched alkanes of at least 4 members (excludes halogenated alkanes) is 1. The van der Waals surface area contributed by atoms with Crippen LogP contribution in [-0.2, 0) is 6.54 Å². The van der Waals surface area contributed by atoms with Gasteiger partial charge in [-0.05, 0) is 37.5 Å². The Morgan fingerprint density at radius 1 is 1.44 bits per heavy atom. The summed E-state index contributed by atoms with van der Waals surface area (Å²) >= 11 is 5.86. The molecule has 5 nitrogen and oxygen atoms in total. The number of rotatable bonds is 5. The van der Waals surface area contributed by atoms with Crippen LogP contribution in [0.25, 0.3) is 0 Å². The Hall–Kier alpha value is -2.01. The predicted molar refractivity (Wildman–Crippen MR) is 98.1 cm³/mol. The standard InChI is InChI=1S/C19H24ClN3O2/c1-2-3-9-22-11-8-21-18(22)14-5-4-10-23(13-14)19(25)16-7-6-15(20)12-17(16)24/h6-8,11-12,14,24H,2-5,9-10,13H2,1H3. The Kier molecular flexibility index (Phi) is 5.63. The summed E-state index contributed by atoms with van der Waals surface area (Å²) in [6.07, 6.45) is 8.10. The van der Waals surface area contributed by atoms with Gasteiger partial charge in [-0.25, -0.2) is 4.98 Å². The van der Waals surface area contributed by atoms with Gasteiger partial charge in [0.1, 0.15) is 11.6 Å². The van der Waals surface area contributed by atoms with Gasteiger partial charge in [-0.1, -0.05) is 24.9 Å². The molecule has 1 amide bonds. The van der Waals surface area contributed by atoms with Crippen LogP contribution in [0, 0.1) is 0 Å². The average molecular weight is 362 g/mol. The lowest BCUT2D eigenvalue weighted by molar-refractivity contribution is 0.0700. The molecule has 6 heteroatoms. The first-order valence-corrected chi connectivity index (χ1v) is 9.26. The highest BCUT2D eigenvalue weighted by Gasteiger charge is 2.29. The lowest BCUT2D eigenvalue weighted by Gasteiger charge is -2.33. The van der Waals surface area contributed by atoms with Crippen molar-refractivity contribution in [3.8, 4) is 5.75 Å². The number of likely N-dealkylation sites (tertiary alicyclic amines) is 1. The highest BCUT2D eigenvalue weighted by Crippen LogP contribution is 2.29. The van der Waals surface area contributed by atoms with Crippen molar-refractivity contribution in [2.75, 3.05) is 13.1 Å². The molecule has 0 aliphatic carbocycles. The Morgan fingerprint density at radius 3 is 3.04 bits per heavy atom. The fraction of sp³-hybridized carbons (Fsp3) is 0.474. The minimum absolute atomic E-state index is 0.0657. The Labute approximate surface area is 153 Å². The highest BCUT2D eigenvalue weighted by molar-refractivity contribution is 6.30. The van der Waals surface area contributed by atoms with Crippen molar-refractivity contribution in [2.45, 2.75) is 45.1 Å². The van der Waals surface area contributed by atoms with E-state index in [1.165, 1.54) is 6.07 Å². The van der Waals surface area contributed by atoms with E-state index in [0.717, 1.165) is 38.1 Å². The molecule has 134 valence electrons. The third-order valence-corrected chi connectivity index (χ3v) is 5.00. The SMILES string of the molecule is CCCCn1ccnc1C1CCCN(C(=O)c2ccc(Cl)cc2O)C1. The number of hydrogen-bond donors (Lipinski definition) is 1. The zero-order valence-electron chi connectivity index (χ0n) is 14.5. The van der Waals surface area contributed by atoms with E-state index in [4.69, 9.17) is 11.6 Å². The van der Waals surface area contributed by atoms with Gasteiger partial charge in [-0.15, -0.1) is 0 Å². The van der Waals surface area contributed by atoms with Crippen molar-refractivity contribution in [1.82, 2.24) is 14.5 Å². The number of aromatic hydroxyl groups is 1. The molecule has 1 aromatic carbocycles. The van der Waals surface area contributed by atoms with E-state index in [1.807, 2.05) is 17.3 Å². The van der Waals surface area contributed by atoms with Gasteiger partial charge in [0.25, 0.3) is 5.91 Å². The lowest BCUT2D eigenvalue weighted by Crippen LogP contribution is -2.39. The van der Waals surface area contributed by atoms with Gasteiger partial charge in [0.15, 0.2) is 0 Å². The first kappa shape index (κ1) is 17.8. The molecule has 25 heavy (non-hydrogen) atoms. The van der Waals surface area contributed by atoms with Crippen LogP contribution in [0.5, 0.6) is 5.75 Å². The van der Waals surface area contributed by atoms with Gasteiger partial charge in [-0.2, -0.15) is 0 Å². The summed E-state index contributed by atoms with van der Waals surface area (Å²) in [5, 5.41) is 10.5. The van der Waals surface area contributed by atoms with Crippen LogP contribution in [-0.4, -0.2) is 38.6 Å². The molecule has 0 saturated carbocycles. The van der Waals surface area contributed by atoms with E-state index < -0.39 is 0 Å². The Morgan fingerprint density at radius 2 is 2.28 bits per heavy atom. The zero-order valence-corrected chi connectivity index (χ0v) is 15.2. The number of aryl methyl sites for hydroxylation is 1. The van der Waals surface area contributed by atoms with Crippen LogP contribution < -0.4 is 0 Å². The fourth-order valence-corrected chi connectivity index (χ4v) is 3.59. The molecule has 0 radical (unpaired) electrons. The molecule has 0 bridgehead atoms. The average Bonchev–Trinajstić information content (AvgIpc) is 3.08. The molecule has 1 aliphatic heterocycles. The number of carbonyl (C=O) groups excluding carboxylic acids is 1. The summed E-state index contributed by atoms with van der Waals surface area (Å²) in [7, 11) is 0. The van der Waals surface area contributed by atoms with Crippen LogP contribution in [0.2, 0.25) is 5.02 Å². The smallest absolute Gasteiger partial charge is 0.257 e. The summed E-state index contributed by atoms with van der Waals surface area (Å²) in [4.78, 5) is 19.2. The maximum absolute atomic E-state index is 12.8. The number of halogens is 1. The Bertz CT molecular complexity index is 744. The fourth-order valence-electron chi connectivity index (χ4n) is 3.43. The molecule has 2 aromatic rings. The molecule has 1 N–H and O–H groups in total. The summed E-state index contributed by atoms with van der Waals surface area (Å²) < 4.78 is 2.21. The third-order valence-electron chi connectivity index (χ3n) is 4.76. The maximum Gasteiger partial charge on any atom is 0.257 e. The molecule has 1 aromatic heterocycles. The van der Waals surface area contributed by atoms with Crippen molar-refractivity contribution in [1.29, 1.82) is 0 Å². The van der Waals surface area contributed by atoms with E-state index in [-0.39, 0.29) is 17.6 Å². The second-order valence-corrected chi connectivity index (χ2v) is 7.02. The first-order valence-electron chi connectivity index (χ1n) is 8.89. The Balaban J connectivity index is 1.75. The number of phenolic OH excluding ortho intramolecular Hbond substituents is 1. The van der Waals surface area contributed by atoms with Gasteiger partial charge in [-0.3, -0.25) is 4.79 Å². The second kappa shape index (κ2) is 7.91. The number of benzene rings is 1. The van der Waals surface area contributed by atoms with Gasteiger partial charge in [0.2, 0.25) is 0 Å². The summed E-state index contributed by atoms with van der Waals surface area (Å²) in [6.45, 7) is 4.47. The molecule has 2 heterocycles. The number of aromatic nitrogens is 2. The minimum atomic E-state index is -0.148. The van der Waals surface area contributed by atoms with Gasteiger partial charge in [0.05, 0.1) is 5.56 Å². The number of imidazole rings is 1. The quantitative estimate of drug-likeness (QED) is 0.873. The third kappa shape index (κ3) is 3.98. The van der Waals surface area contributed by atoms with Crippen molar-refractivity contribution in [3.63, 3.8) is 0 Å². The van der Waals surface area contributed by atoms with Crippen LogP contribution >= 0.6 is 11.6 Å². The topological polar surface area (TPSA) is 58.4 Å². The second-order valence-electron chi connectivity index (χ2n) is 6.58. The largest absolute Gasteiger partial charge is 0.507 e. The molecular weight excluding hydrogens is 338 g/mol. The number of hydrogen-bond acceptors (Lipinski definition) is 3. The summed E-state index contributed by atoms with van der Waals surface area (Å²) in [5.41, 5.74) is 0.305. The molecule has 1 unspecified atom stereocenters. The van der Waals surface area contributed by atoms with E-state index in [1.54, 1.807) is 12.1 Å². The number of phenols is 1. The van der Waals surface area contributed by atoms with Crippen LogP contribution in [0.3, 0.4) is 0 Å². The van der Waals surface area contributed by atoms with E-state index in [0.29, 0.717) is 23.7 Å².